The molecular weight excluding hydrogens is 263 g/mol. The van der Waals surface area contributed by atoms with Crippen LogP contribution in [0.1, 0.15) is 19.4 Å². The second-order valence-electron chi connectivity index (χ2n) is 3.06. The SMILES string of the molecule is CC(=O)/C(C)=C/c1ccc(Br)c(Cl)c1. The molecule has 0 radical (unpaired) electrons. The monoisotopic (exact) mass is 272 g/mol. The summed E-state index contributed by atoms with van der Waals surface area (Å²) < 4.78 is 0.858. The molecule has 0 fully saturated rings. The van der Waals surface area contributed by atoms with Crippen LogP contribution in [-0.2, 0) is 4.79 Å². The molecule has 74 valence electrons. The minimum Gasteiger partial charge on any atom is -0.295 e. The van der Waals surface area contributed by atoms with Crippen molar-refractivity contribution in [1.82, 2.24) is 0 Å². The largest absolute Gasteiger partial charge is 0.295 e. The van der Waals surface area contributed by atoms with Crippen LogP contribution in [0.3, 0.4) is 0 Å². The van der Waals surface area contributed by atoms with E-state index in [9.17, 15) is 4.79 Å². The van der Waals surface area contributed by atoms with Gasteiger partial charge in [0, 0.05) is 4.47 Å². The Morgan fingerprint density at radius 2 is 2.07 bits per heavy atom. The molecule has 0 saturated heterocycles. The molecule has 0 heterocycles. The van der Waals surface area contributed by atoms with E-state index in [4.69, 9.17) is 11.6 Å². The van der Waals surface area contributed by atoms with Crippen molar-refractivity contribution in [2.24, 2.45) is 0 Å². The zero-order valence-corrected chi connectivity index (χ0v) is 10.3. The van der Waals surface area contributed by atoms with Crippen molar-refractivity contribution in [3.8, 4) is 0 Å². The topological polar surface area (TPSA) is 17.1 Å². The molecule has 0 atom stereocenters. The lowest BCUT2D eigenvalue weighted by Gasteiger charge is -1.99. The van der Waals surface area contributed by atoms with E-state index in [0.717, 1.165) is 15.6 Å². The van der Waals surface area contributed by atoms with Crippen LogP contribution in [0.25, 0.3) is 6.08 Å². The van der Waals surface area contributed by atoms with Crippen LogP contribution in [0.4, 0.5) is 0 Å². The van der Waals surface area contributed by atoms with Crippen LogP contribution in [0.15, 0.2) is 28.2 Å². The zero-order chi connectivity index (χ0) is 10.7. The van der Waals surface area contributed by atoms with E-state index in [2.05, 4.69) is 15.9 Å². The van der Waals surface area contributed by atoms with Gasteiger partial charge in [-0.15, -0.1) is 0 Å². The first-order valence-electron chi connectivity index (χ1n) is 4.15. The minimum absolute atomic E-state index is 0.0732. The number of Topliss-reactive ketones (excluding diaryl/α,β-unsaturated/α-hetero) is 1. The zero-order valence-electron chi connectivity index (χ0n) is 7.97. The van der Waals surface area contributed by atoms with E-state index in [-0.39, 0.29) is 5.78 Å². The predicted molar refractivity (Wildman–Crippen MR) is 63.5 cm³/mol. The number of ketones is 1. The maximum Gasteiger partial charge on any atom is 0.155 e. The van der Waals surface area contributed by atoms with Crippen molar-refractivity contribution >= 4 is 39.4 Å². The minimum atomic E-state index is 0.0732. The molecule has 3 heteroatoms. The first kappa shape index (κ1) is 11.5. The Morgan fingerprint density at radius 3 is 2.57 bits per heavy atom. The Bertz CT molecular complexity index is 396. The summed E-state index contributed by atoms with van der Waals surface area (Å²) in [5, 5.41) is 0.648. The molecule has 1 nitrogen and oxygen atoms in total. The maximum absolute atomic E-state index is 11.0. The molecule has 0 saturated carbocycles. The number of carbonyl (C=O) groups is 1. The van der Waals surface area contributed by atoms with Crippen LogP contribution in [0.2, 0.25) is 5.02 Å². The Balaban J connectivity index is 3.04. The first-order chi connectivity index (χ1) is 6.50. The summed E-state index contributed by atoms with van der Waals surface area (Å²) in [6.45, 7) is 3.34. The number of rotatable bonds is 2. The second-order valence-corrected chi connectivity index (χ2v) is 4.32. The summed E-state index contributed by atoms with van der Waals surface area (Å²) in [5.74, 6) is 0.0732. The summed E-state index contributed by atoms with van der Waals surface area (Å²) in [4.78, 5) is 11.0. The molecule has 14 heavy (non-hydrogen) atoms. The van der Waals surface area contributed by atoms with Crippen molar-refractivity contribution in [2.45, 2.75) is 13.8 Å². The summed E-state index contributed by atoms with van der Waals surface area (Å²) in [7, 11) is 0. The van der Waals surface area contributed by atoms with E-state index < -0.39 is 0 Å². The van der Waals surface area contributed by atoms with E-state index in [1.54, 1.807) is 13.8 Å². The highest BCUT2D eigenvalue weighted by atomic mass is 79.9. The van der Waals surface area contributed by atoms with Gasteiger partial charge in [0.15, 0.2) is 5.78 Å². The number of hydrogen-bond donors (Lipinski definition) is 0. The molecule has 1 aromatic carbocycles. The molecule has 0 aliphatic heterocycles. The van der Waals surface area contributed by atoms with Crippen LogP contribution in [0, 0.1) is 0 Å². The first-order valence-corrected chi connectivity index (χ1v) is 5.32. The van der Waals surface area contributed by atoms with Gasteiger partial charge in [0.25, 0.3) is 0 Å². The maximum atomic E-state index is 11.0. The molecule has 0 spiro atoms. The molecule has 0 unspecified atom stereocenters. The van der Waals surface area contributed by atoms with Crippen LogP contribution >= 0.6 is 27.5 Å². The molecule has 1 rings (SSSR count). The molecule has 0 aliphatic rings. The Hall–Kier alpha value is -0.600. The highest BCUT2D eigenvalue weighted by molar-refractivity contribution is 9.10. The van der Waals surface area contributed by atoms with Crippen molar-refractivity contribution in [2.75, 3.05) is 0 Å². The predicted octanol–water partition coefficient (Wildman–Crippen LogP) is 4.09. The van der Waals surface area contributed by atoms with Gasteiger partial charge in [0.1, 0.15) is 0 Å². The molecule has 0 amide bonds. The standard InChI is InChI=1S/C11H10BrClO/c1-7(8(2)14)5-9-3-4-10(12)11(13)6-9/h3-6H,1-2H3/b7-5+. The lowest BCUT2D eigenvalue weighted by molar-refractivity contribution is -0.113. The lowest BCUT2D eigenvalue weighted by atomic mass is 10.1. The molecule has 0 aliphatic carbocycles. The van der Waals surface area contributed by atoms with Gasteiger partial charge in [-0.3, -0.25) is 4.79 Å². The fourth-order valence-corrected chi connectivity index (χ4v) is 1.39. The van der Waals surface area contributed by atoms with Crippen molar-refractivity contribution in [1.29, 1.82) is 0 Å². The third-order valence-electron chi connectivity index (χ3n) is 1.88. The van der Waals surface area contributed by atoms with E-state index >= 15 is 0 Å². The van der Waals surface area contributed by atoms with Crippen LogP contribution in [0.5, 0.6) is 0 Å². The number of carbonyl (C=O) groups excluding carboxylic acids is 1. The smallest absolute Gasteiger partial charge is 0.155 e. The summed E-state index contributed by atoms with van der Waals surface area (Å²) in [5.41, 5.74) is 1.66. The molecule has 0 aromatic heterocycles. The van der Waals surface area contributed by atoms with Gasteiger partial charge < -0.3 is 0 Å². The third-order valence-corrected chi connectivity index (χ3v) is 3.11. The Kier molecular flexibility index (Phi) is 3.90. The van der Waals surface area contributed by atoms with Gasteiger partial charge in [-0.2, -0.15) is 0 Å². The van der Waals surface area contributed by atoms with Gasteiger partial charge >= 0.3 is 0 Å². The quantitative estimate of drug-likeness (QED) is 0.742. The summed E-state index contributed by atoms with van der Waals surface area (Å²) in [6.07, 6.45) is 1.82. The number of benzene rings is 1. The molecule has 0 N–H and O–H groups in total. The van der Waals surface area contributed by atoms with Gasteiger partial charge in [0.2, 0.25) is 0 Å². The average molecular weight is 274 g/mol. The summed E-state index contributed by atoms with van der Waals surface area (Å²) >= 11 is 9.22. The Labute approximate surface area is 96.9 Å². The third kappa shape index (κ3) is 2.96. The fourth-order valence-electron chi connectivity index (χ4n) is 0.954. The second kappa shape index (κ2) is 4.76. The average Bonchev–Trinajstić information content (AvgIpc) is 2.11. The number of allylic oxidation sites excluding steroid dienone is 1. The van der Waals surface area contributed by atoms with E-state index in [1.807, 2.05) is 24.3 Å². The number of halogens is 2. The van der Waals surface area contributed by atoms with Gasteiger partial charge in [-0.25, -0.2) is 0 Å². The normalized spacial score (nSPS) is 11.6. The van der Waals surface area contributed by atoms with E-state index in [1.165, 1.54) is 0 Å². The molecular formula is C11H10BrClO. The molecule has 0 bridgehead atoms. The van der Waals surface area contributed by atoms with Crippen LogP contribution in [-0.4, -0.2) is 5.78 Å². The molecule has 1 aromatic rings. The highest BCUT2D eigenvalue weighted by Gasteiger charge is 1.99. The van der Waals surface area contributed by atoms with E-state index in [0.29, 0.717) is 5.02 Å². The van der Waals surface area contributed by atoms with Crippen LogP contribution < -0.4 is 0 Å². The highest BCUT2D eigenvalue weighted by Crippen LogP contribution is 2.24. The summed E-state index contributed by atoms with van der Waals surface area (Å²) in [6, 6.07) is 5.59. The van der Waals surface area contributed by atoms with Gasteiger partial charge in [-0.1, -0.05) is 17.7 Å². The Morgan fingerprint density at radius 1 is 1.43 bits per heavy atom. The van der Waals surface area contributed by atoms with Gasteiger partial charge in [0.05, 0.1) is 5.02 Å². The fraction of sp³-hybridized carbons (Fsp3) is 0.182. The van der Waals surface area contributed by atoms with Gasteiger partial charge in [-0.05, 0) is 59.1 Å². The van der Waals surface area contributed by atoms with Crippen molar-refractivity contribution < 1.29 is 4.79 Å². The van der Waals surface area contributed by atoms with Crippen molar-refractivity contribution in [3.63, 3.8) is 0 Å². The van der Waals surface area contributed by atoms with Crippen molar-refractivity contribution in [3.05, 3.63) is 38.8 Å². The lowest BCUT2D eigenvalue weighted by Crippen LogP contribution is -1.90. The number of hydrogen-bond acceptors (Lipinski definition) is 1.